The number of hydrogen-bond donors (Lipinski definition) is 2. The number of nitrogens with one attached hydrogen (secondary N) is 1. The molecule has 18 heavy (non-hydrogen) atoms. The second kappa shape index (κ2) is 5.22. The summed E-state index contributed by atoms with van der Waals surface area (Å²) in [6, 6.07) is 5.00. The van der Waals surface area contributed by atoms with Crippen LogP contribution >= 0.6 is 0 Å². The topological polar surface area (TPSA) is 78.6 Å². The Morgan fingerprint density at radius 1 is 1.56 bits per heavy atom. The van der Waals surface area contributed by atoms with Gasteiger partial charge in [-0.05, 0) is 12.5 Å². The molecule has 0 radical (unpaired) electrons. The van der Waals surface area contributed by atoms with E-state index in [1.807, 2.05) is 6.07 Å². The minimum Gasteiger partial charge on any atom is -0.396 e. The third kappa shape index (κ3) is 2.53. The smallest absolute Gasteiger partial charge is 0.273 e. The Morgan fingerprint density at radius 3 is 2.89 bits per heavy atom. The van der Waals surface area contributed by atoms with E-state index < -0.39 is 0 Å². The number of anilines is 2. The summed E-state index contributed by atoms with van der Waals surface area (Å²) in [7, 11) is 1.74. The Kier molecular flexibility index (Phi) is 3.66. The highest BCUT2D eigenvalue weighted by molar-refractivity contribution is 5.64. The lowest BCUT2D eigenvalue weighted by atomic mass is 10.1. The van der Waals surface area contributed by atoms with E-state index in [9.17, 15) is 10.1 Å². The van der Waals surface area contributed by atoms with Crippen molar-refractivity contribution in [3.63, 3.8) is 0 Å². The second-order valence-electron chi connectivity index (χ2n) is 4.53. The van der Waals surface area contributed by atoms with Crippen LogP contribution in [0.1, 0.15) is 6.42 Å². The van der Waals surface area contributed by atoms with Crippen molar-refractivity contribution >= 4 is 17.1 Å². The normalized spacial score (nSPS) is 19.0. The average Bonchev–Trinajstić information content (AvgIpc) is 2.86. The summed E-state index contributed by atoms with van der Waals surface area (Å²) in [6.45, 7) is 1.75. The van der Waals surface area contributed by atoms with Gasteiger partial charge in [-0.2, -0.15) is 0 Å². The molecule has 1 saturated heterocycles. The summed E-state index contributed by atoms with van der Waals surface area (Å²) < 4.78 is 0. The van der Waals surface area contributed by atoms with Crippen molar-refractivity contribution in [3.8, 4) is 0 Å². The van der Waals surface area contributed by atoms with Gasteiger partial charge in [0.05, 0.1) is 4.92 Å². The van der Waals surface area contributed by atoms with E-state index in [0.717, 1.165) is 30.9 Å². The van der Waals surface area contributed by atoms with E-state index in [0.29, 0.717) is 0 Å². The van der Waals surface area contributed by atoms with Gasteiger partial charge in [-0.15, -0.1) is 0 Å². The number of benzene rings is 1. The van der Waals surface area contributed by atoms with Gasteiger partial charge in [0.15, 0.2) is 0 Å². The van der Waals surface area contributed by atoms with Crippen molar-refractivity contribution in [2.24, 2.45) is 5.92 Å². The number of rotatable bonds is 4. The molecule has 2 N–H and O–H groups in total. The molecule has 1 fully saturated rings. The zero-order valence-electron chi connectivity index (χ0n) is 10.3. The molecule has 0 spiro atoms. The number of nitro groups is 1. The van der Waals surface area contributed by atoms with Gasteiger partial charge in [0.25, 0.3) is 5.69 Å². The number of hydrogen-bond acceptors (Lipinski definition) is 5. The predicted molar refractivity (Wildman–Crippen MR) is 70.0 cm³/mol. The first-order valence-electron chi connectivity index (χ1n) is 5.97. The molecule has 1 aliphatic rings. The molecular weight excluding hydrogens is 234 g/mol. The van der Waals surface area contributed by atoms with E-state index >= 15 is 0 Å². The fraction of sp³-hybridized carbons (Fsp3) is 0.500. The molecule has 0 saturated carbocycles. The summed E-state index contributed by atoms with van der Waals surface area (Å²) in [5.74, 6) is 0.266. The van der Waals surface area contributed by atoms with Gasteiger partial charge < -0.3 is 15.3 Å². The van der Waals surface area contributed by atoms with Gasteiger partial charge in [-0.3, -0.25) is 10.1 Å². The molecule has 1 aromatic rings. The van der Waals surface area contributed by atoms with Crippen LogP contribution in [0.4, 0.5) is 17.1 Å². The van der Waals surface area contributed by atoms with Crippen LogP contribution in [-0.2, 0) is 0 Å². The molecule has 2 rings (SSSR count). The summed E-state index contributed by atoms with van der Waals surface area (Å²) in [5, 5.41) is 22.9. The maximum absolute atomic E-state index is 10.9. The van der Waals surface area contributed by atoms with Gasteiger partial charge >= 0.3 is 0 Å². The van der Waals surface area contributed by atoms with Gasteiger partial charge in [-0.25, -0.2) is 0 Å². The maximum Gasteiger partial charge on any atom is 0.273 e. The Hall–Kier alpha value is -1.82. The molecule has 1 atom stereocenters. The highest BCUT2D eigenvalue weighted by atomic mass is 16.6. The van der Waals surface area contributed by atoms with Gasteiger partial charge in [0.1, 0.15) is 0 Å². The monoisotopic (exact) mass is 251 g/mol. The summed E-state index contributed by atoms with van der Waals surface area (Å²) in [4.78, 5) is 12.6. The largest absolute Gasteiger partial charge is 0.396 e. The zero-order chi connectivity index (χ0) is 13.1. The summed E-state index contributed by atoms with van der Waals surface area (Å²) in [6.07, 6.45) is 0.925. The standard InChI is InChI=1S/C12H17N3O3/c1-13-10-4-11(6-12(5-10)15(17)18)14-3-2-9(7-14)8-16/h4-6,9,13,16H,2-3,7-8H2,1H3. The van der Waals surface area contributed by atoms with Crippen LogP contribution < -0.4 is 10.2 Å². The van der Waals surface area contributed by atoms with Crippen molar-refractivity contribution in [1.82, 2.24) is 0 Å². The predicted octanol–water partition coefficient (Wildman–Crippen LogP) is 1.46. The van der Waals surface area contributed by atoms with Gasteiger partial charge in [-0.1, -0.05) is 0 Å². The Morgan fingerprint density at radius 2 is 2.33 bits per heavy atom. The molecule has 1 aromatic carbocycles. The molecule has 0 bridgehead atoms. The molecule has 1 unspecified atom stereocenters. The fourth-order valence-electron chi connectivity index (χ4n) is 2.24. The molecule has 0 aliphatic carbocycles. The average molecular weight is 251 g/mol. The third-order valence-electron chi connectivity index (χ3n) is 3.31. The van der Waals surface area contributed by atoms with Crippen molar-refractivity contribution in [3.05, 3.63) is 28.3 Å². The van der Waals surface area contributed by atoms with Crippen molar-refractivity contribution in [1.29, 1.82) is 0 Å². The Bertz CT molecular complexity index is 450. The Labute approximate surface area is 105 Å². The first-order valence-corrected chi connectivity index (χ1v) is 5.97. The fourth-order valence-corrected chi connectivity index (χ4v) is 2.24. The highest BCUT2D eigenvalue weighted by Crippen LogP contribution is 2.30. The molecule has 0 aromatic heterocycles. The second-order valence-corrected chi connectivity index (χ2v) is 4.53. The minimum atomic E-state index is -0.385. The first kappa shape index (κ1) is 12.6. The Balaban J connectivity index is 2.27. The lowest BCUT2D eigenvalue weighted by molar-refractivity contribution is -0.384. The third-order valence-corrected chi connectivity index (χ3v) is 3.31. The van der Waals surface area contributed by atoms with E-state index in [1.165, 1.54) is 6.07 Å². The van der Waals surface area contributed by atoms with E-state index in [4.69, 9.17) is 5.11 Å². The number of aliphatic hydroxyl groups is 1. The quantitative estimate of drug-likeness (QED) is 0.625. The van der Waals surface area contributed by atoms with Gasteiger partial charge in [0.2, 0.25) is 0 Å². The molecule has 1 heterocycles. The summed E-state index contributed by atoms with van der Waals surface area (Å²) >= 11 is 0. The molecular formula is C12H17N3O3. The number of non-ortho nitro benzene ring substituents is 1. The molecule has 1 aliphatic heterocycles. The van der Waals surface area contributed by atoms with Crippen molar-refractivity contribution in [2.75, 3.05) is 37.0 Å². The van der Waals surface area contributed by atoms with E-state index in [2.05, 4.69) is 10.2 Å². The zero-order valence-corrected chi connectivity index (χ0v) is 10.3. The SMILES string of the molecule is CNc1cc(N2CCC(CO)C2)cc([N+](=O)[O-])c1. The van der Waals surface area contributed by atoms with E-state index in [-0.39, 0.29) is 23.1 Å². The number of aliphatic hydroxyl groups excluding tert-OH is 1. The summed E-state index contributed by atoms with van der Waals surface area (Å²) in [5.41, 5.74) is 1.65. The van der Waals surface area contributed by atoms with E-state index in [1.54, 1.807) is 13.1 Å². The van der Waals surface area contributed by atoms with Crippen LogP contribution in [0.25, 0.3) is 0 Å². The lowest BCUT2D eigenvalue weighted by Gasteiger charge is -2.19. The van der Waals surface area contributed by atoms with Crippen LogP contribution in [-0.4, -0.2) is 36.8 Å². The lowest BCUT2D eigenvalue weighted by Crippen LogP contribution is -2.20. The van der Waals surface area contributed by atoms with Crippen molar-refractivity contribution < 1.29 is 10.0 Å². The molecule has 6 nitrogen and oxygen atoms in total. The van der Waals surface area contributed by atoms with Crippen LogP contribution in [0.3, 0.4) is 0 Å². The van der Waals surface area contributed by atoms with Gasteiger partial charge in [0, 0.05) is 56.2 Å². The number of nitrogens with zero attached hydrogens (tertiary/aromatic N) is 2. The van der Waals surface area contributed by atoms with Crippen LogP contribution in [0.15, 0.2) is 18.2 Å². The first-order chi connectivity index (χ1) is 8.63. The molecule has 6 heteroatoms. The molecule has 98 valence electrons. The number of nitro benzene ring substituents is 1. The minimum absolute atomic E-state index is 0.0873. The van der Waals surface area contributed by atoms with Crippen LogP contribution in [0, 0.1) is 16.0 Å². The van der Waals surface area contributed by atoms with Crippen LogP contribution in [0.5, 0.6) is 0 Å². The van der Waals surface area contributed by atoms with Crippen LogP contribution in [0.2, 0.25) is 0 Å². The highest BCUT2D eigenvalue weighted by Gasteiger charge is 2.23. The van der Waals surface area contributed by atoms with Crippen molar-refractivity contribution in [2.45, 2.75) is 6.42 Å². The molecule has 0 amide bonds. The maximum atomic E-state index is 10.9.